The number of carboxylic acids is 1. The smallest absolute Gasteiger partial charge is 0.341 e. The molecule has 1 aromatic heterocycles. The number of aliphatic carboxylic acids is 1. The van der Waals surface area contributed by atoms with E-state index in [0.29, 0.717) is 40.5 Å². The van der Waals surface area contributed by atoms with Gasteiger partial charge in [-0.3, -0.25) is 9.59 Å². The predicted molar refractivity (Wildman–Crippen MR) is 121 cm³/mol. The highest BCUT2D eigenvalue weighted by Gasteiger charge is 2.36. The quantitative estimate of drug-likeness (QED) is 0.559. The van der Waals surface area contributed by atoms with Gasteiger partial charge in [0.25, 0.3) is 0 Å². The number of thiophene rings is 1. The van der Waals surface area contributed by atoms with Gasteiger partial charge in [0.15, 0.2) is 11.5 Å². The van der Waals surface area contributed by atoms with Crippen LogP contribution < -0.4 is 14.8 Å². The molecule has 2 N–H and O–H groups in total. The standard InChI is InChI=1S/C23H27NO7S/c1-4-31-23(28)19-16(13-9-10-17(29-2)18(11-13)30-3)12-32-21(19)24-20(25)14-7-5-6-8-15(14)22(26)27/h9-12,14-15H,4-8H2,1-3H3,(H,24,25)(H,26,27)/t14-,15-/m0/s1. The molecular formula is C23H27NO7S. The summed E-state index contributed by atoms with van der Waals surface area (Å²) < 4.78 is 15.9. The van der Waals surface area contributed by atoms with Gasteiger partial charge < -0.3 is 24.6 Å². The maximum atomic E-state index is 13.0. The molecule has 172 valence electrons. The van der Waals surface area contributed by atoms with Crippen LogP contribution in [0.4, 0.5) is 5.00 Å². The number of anilines is 1. The summed E-state index contributed by atoms with van der Waals surface area (Å²) >= 11 is 1.20. The number of methoxy groups -OCH3 is 2. The minimum atomic E-state index is -0.965. The lowest BCUT2D eigenvalue weighted by Crippen LogP contribution is -2.36. The molecule has 0 saturated heterocycles. The largest absolute Gasteiger partial charge is 0.493 e. The van der Waals surface area contributed by atoms with Gasteiger partial charge in [-0.15, -0.1) is 11.3 Å². The Morgan fingerprint density at radius 1 is 1.09 bits per heavy atom. The minimum absolute atomic E-state index is 0.178. The van der Waals surface area contributed by atoms with Crippen LogP contribution in [0.5, 0.6) is 11.5 Å². The van der Waals surface area contributed by atoms with Crippen molar-refractivity contribution < 1.29 is 33.7 Å². The number of rotatable bonds is 8. The predicted octanol–water partition coefficient (Wildman–Crippen LogP) is 4.44. The highest BCUT2D eigenvalue weighted by atomic mass is 32.1. The molecule has 2 aromatic rings. The van der Waals surface area contributed by atoms with E-state index in [4.69, 9.17) is 14.2 Å². The first-order valence-electron chi connectivity index (χ1n) is 10.5. The van der Waals surface area contributed by atoms with E-state index in [9.17, 15) is 19.5 Å². The van der Waals surface area contributed by atoms with Gasteiger partial charge in [0.05, 0.1) is 32.7 Å². The number of hydrogen-bond donors (Lipinski definition) is 2. The summed E-state index contributed by atoms with van der Waals surface area (Å²) in [6.07, 6.45) is 2.57. The van der Waals surface area contributed by atoms with Crippen LogP contribution in [0.1, 0.15) is 43.0 Å². The number of amides is 1. The van der Waals surface area contributed by atoms with Gasteiger partial charge >= 0.3 is 11.9 Å². The molecule has 1 aliphatic rings. The number of esters is 1. The van der Waals surface area contributed by atoms with Gasteiger partial charge in [0.2, 0.25) is 5.91 Å². The van der Waals surface area contributed by atoms with Crippen molar-refractivity contribution in [1.82, 2.24) is 0 Å². The van der Waals surface area contributed by atoms with Crippen molar-refractivity contribution in [2.24, 2.45) is 11.8 Å². The molecule has 9 heteroatoms. The monoisotopic (exact) mass is 461 g/mol. The topological polar surface area (TPSA) is 111 Å². The van der Waals surface area contributed by atoms with Crippen LogP contribution in [0.3, 0.4) is 0 Å². The van der Waals surface area contributed by atoms with E-state index in [1.165, 1.54) is 25.6 Å². The van der Waals surface area contributed by atoms with E-state index >= 15 is 0 Å². The summed E-state index contributed by atoms with van der Waals surface area (Å²) in [7, 11) is 3.06. The van der Waals surface area contributed by atoms with Crippen LogP contribution in [0.25, 0.3) is 11.1 Å². The molecule has 0 aliphatic heterocycles. The molecule has 0 bridgehead atoms. The summed E-state index contributed by atoms with van der Waals surface area (Å²) in [5.74, 6) is -2.22. The number of benzene rings is 1. The summed E-state index contributed by atoms with van der Waals surface area (Å²) in [4.78, 5) is 37.4. The average molecular weight is 462 g/mol. The molecule has 1 aliphatic carbocycles. The van der Waals surface area contributed by atoms with Crippen molar-refractivity contribution in [2.45, 2.75) is 32.6 Å². The third-order valence-corrected chi connectivity index (χ3v) is 6.52. The van der Waals surface area contributed by atoms with Crippen molar-refractivity contribution in [3.63, 3.8) is 0 Å². The van der Waals surface area contributed by atoms with Crippen LogP contribution in [0, 0.1) is 11.8 Å². The first kappa shape index (κ1) is 23.6. The summed E-state index contributed by atoms with van der Waals surface area (Å²) in [6.45, 7) is 1.88. The highest BCUT2D eigenvalue weighted by molar-refractivity contribution is 7.15. The number of hydrogen-bond acceptors (Lipinski definition) is 7. The van der Waals surface area contributed by atoms with Crippen LogP contribution in [0.15, 0.2) is 23.6 Å². The van der Waals surface area contributed by atoms with Crippen molar-refractivity contribution in [2.75, 3.05) is 26.1 Å². The van der Waals surface area contributed by atoms with Gasteiger partial charge in [-0.1, -0.05) is 18.9 Å². The van der Waals surface area contributed by atoms with E-state index in [-0.39, 0.29) is 18.1 Å². The summed E-state index contributed by atoms with van der Waals surface area (Å²) in [6, 6.07) is 5.27. The minimum Gasteiger partial charge on any atom is -0.493 e. The second-order valence-corrected chi connectivity index (χ2v) is 8.35. The first-order valence-corrected chi connectivity index (χ1v) is 11.3. The van der Waals surface area contributed by atoms with Gasteiger partial charge in [-0.25, -0.2) is 4.79 Å². The van der Waals surface area contributed by atoms with Gasteiger partial charge in [-0.05, 0) is 37.5 Å². The fraction of sp³-hybridized carbons (Fsp3) is 0.435. The molecule has 0 radical (unpaired) electrons. The number of carboxylic acid groups (broad SMARTS) is 1. The molecule has 1 fully saturated rings. The van der Waals surface area contributed by atoms with Crippen LogP contribution in [-0.4, -0.2) is 43.8 Å². The zero-order valence-corrected chi connectivity index (χ0v) is 19.1. The van der Waals surface area contributed by atoms with Crippen molar-refractivity contribution in [3.05, 3.63) is 29.1 Å². The lowest BCUT2D eigenvalue weighted by molar-refractivity contribution is -0.147. The van der Waals surface area contributed by atoms with E-state index in [0.717, 1.165) is 12.8 Å². The van der Waals surface area contributed by atoms with E-state index in [2.05, 4.69) is 5.32 Å². The number of carbonyl (C=O) groups is 3. The summed E-state index contributed by atoms with van der Waals surface area (Å²) in [5, 5.41) is 14.4. The summed E-state index contributed by atoms with van der Waals surface area (Å²) in [5.41, 5.74) is 1.52. The Hall–Kier alpha value is -3.07. The molecule has 1 saturated carbocycles. The number of carbonyl (C=O) groups excluding carboxylic acids is 2. The zero-order valence-electron chi connectivity index (χ0n) is 18.3. The SMILES string of the molecule is CCOC(=O)c1c(-c2ccc(OC)c(OC)c2)csc1NC(=O)[C@H]1CCCC[C@@H]1C(=O)O. The fourth-order valence-electron chi connectivity index (χ4n) is 4.02. The molecule has 1 heterocycles. The van der Waals surface area contributed by atoms with Crippen LogP contribution >= 0.6 is 11.3 Å². The van der Waals surface area contributed by atoms with Crippen molar-refractivity contribution >= 4 is 34.2 Å². The Labute approximate surface area is 190 Å². The molecule has 32 heavy (non-hydrogen) atoms. The maximum absolute atomic E-state index is 13.0. The molecule has 0 spiro atoms. The maximum Gasteiger partial charge on any atom is 0.341 e. The molecule has 0 unspecified atom stereocenters. The highest BCUT2D eigenvalue weighted by Crippen LogP contribution is 2.40. The van der Waals surface area contributed by atoms with E-state index in [1.54, 1.807) is 30.5 Å². The lowest BCUT2D eigenvalue weighted by Gasteiger charge is -2.27. The number of ether oxygens (including phenoxy) is 3. The van der Waals surface area contributed by atoms with Gasteiger partial charge in [0, 0.05) is 10.9 Å². The second-order valence-electron chi connectivity index (χ2n) is 7.47. The molecule has 2 atom stereocenters. The zero-order chi connectivity index (χ0) is 23.3. The van der Waals surface area contributed by atoms with E-state index < -0.39 is 23.8 Å². The average Bonchev–Trinajstić information content (AvgIpc) is 3.22. The van der Waals surface area contributed by atoms with Crippen LogP contribution in [-0.2, 0) is 14.3 Å². The third-order valence-electron chi connectivity index (χ3n) is 5.62. The van der Waals surface area contributed by atoms with E-state index in [1.807, 2.05) is 0 Å². The Morgan fingerprint density at radius 2 is 1.78 bits per heavy atom. The van der Waals surface area contributed by atoms with Crippen molar-refractivity contribution in [1.29, 1.82) is 0 Å². The molecule has 1 amide bonds. The normalized spacial score (nSPS) is 18.0. The molecule has 8 nitrogen and oxygen atoms in total. The molecular weight excluding hydrogens is 434 g/mol. The number of nitrogens with one attached hydrogen (secondary N) is 1. The lowest BCUT2D eigenvalue weighted by atomic mass is 9.79. The van der Waals surface area contributed by atoms with Crippen molar-refractivity contribution in [3.8, 4) is 22.6 Å². The Morgan fingerprint density at radius 3 is 2.41 bits per heavy atom. The van der Waals surface area contributed by atoms with Crippen LogP contribution in [0.2, 0.25) is 0 Å². The molecule has 3 rings (SSSR count). The second kappa shape index (κ2) is 10.5. The van der Waals surface area contributed by atoms with Gasteiger partial charge in [0.1, 0.15) is 10.6 Å². The fourth-order valence-corrected chi connectivity index (χ4v) is 4.98. The first-order chi connectivity index (χ1) is 15.4. The Balaban J connectivity index is 1.97. The Bertz CT molecular complexity index is 1000. The van der Waals surface area contributed by atoms with Gasteiger partial charge in [-0.2, -0.15) is 0 Å². The third kappa shape index (κ3) is 4.88. The molecule has 1 aromatic carbocycles. The Kier molecular flexibility index (Phi) is 7.74.